The highest BCUT2D eigenvalue weighted by molar-refractivity contribution is 5.63. The average Bonchev–Trinajstić information content (AvgIpc) is 2.02. The van der Waals surface area contributed by atoms with Crippen LogP contribution in [0.2, 0.25) is 0 Å². The van der Waals surface area contributed by atoms with E-state index in [2.05, 4.69) is 10.9 Å². The minimum atomic E-state index is -1.47. The highest BCUT2D eigenvalue weighted by Gasteiger charge is 2.22. The van der Waals surface area contributed by atoms with Crippen molar-refractivity contribution >= 4 is 6.21 Å². The number of nitrogens with two attached hydrogens (primary N) is 1. The van der Waals surface area contributed by atoms with Gasteiger partial charge in [-0.25, -0.2) is 0 Å². The van der Waals surface area contributed by atoms with Gasteiger partial charge in [0.25, 0.3) is 0 Å². The molecule has 6 N–H and O–H groups in total. The molecule has 0 radical (unpaired) electrons. The Morgan fingerprint density at radius 2 is 1.91 bits per heavy atom. The molecule has 0 aliphatic heterocycles. The molecule has 66 valence electrons. The van der Waals surface area contributed by atoms with Crippen molar-refractivity contribution in [3.63, 3.8) is 0 Å². The number of rotatable bonds is 4. The van der Waals surface area contributed by atoms with Crippen molar-refractivity contribution in [2.45, 2.75) is 18.3 Å². The molecule has 0 aromatic rings. The molecule has 0 aromatic carbocycles. The van der Waals surface area contributed by atoms with E-state index in [1.54, 1.807) is 0 Å². The van der Waals surface area contributed by atoms with E-state index in [-0.39, 0.29) is 0 Å². The normalized spacial score (nSPS) is 20.0. The lowest BCUT2D eigenvalue weighted by atomic mass is 10.1. The number of hydrogen-bond donors (Lipinski definition) is 5. The van der Waals surface area contributed by atoms with E-state index >= 15 is 0 Å². The number of hydrogen-bond acceptors (Lipinski definition) is 6. The lowest BCUT2D eigenvalue weighted by Gasteiger charge is -2.17. The van der Waals surface area contributed by atoms with Crippen LogP contribution in [0.15, 0.2) is 5.10 Å². The molecule has 0 rings (SSSR count). The number of nitrogens with zero attached hydrogens (tertiary/aromatic N) is 1. The van der Waals surface area contributed by atoms with Crippen LogP contribution in [0.3, 0.4) is 0 Å². The van der Waals surface area contributed by atoms with Gasteiger partial charge >= 0.3 is 0 Å². The van der Waals surface area contributed by atoms with Gasteiger partial charge in [0.05, 0.1) is 12.8 Å². The summed E-state index contributed by atoms with van der Waals surface area (Å²) in [6.45, 7) is -0.628. The van der Waals surface area contributed by atoms with Gasteiger partial charge in [0.2, 0.25) is 0 Å². The quantitative estimate of drug-likeness (QED) is 0.172. The van der Waals surface area contributed by atoms with Gasteiger partial charge in [-0.1, -0.05) is 0 Å². The van der Waals surface area contributed by atoms with Gasteiger partial charge in [-0.15, -0.1) is 0 Å². The Morgan fingerprint density at radius 3 is 2.27 bits per heavy atom. The topological polar surface area (TPSA) is 119 Å². The second-order valence-electron chi connectivity index (χ2n) is 2.03. The molecule has 0 unspecified atom stereocenters. The SMILES string of the molecule is N/N=C\[C@H](O)[C@@H](O)[C@H](O)CO. The summed E-state index contributed by atoms with van der Waals surface area (Å²) in [5.41, 5.74) is 0. The van der Waals surface area contributed by atoms with Crippen molar-refractivity contribution in [2.24, 2.45) is 10.9 Å². The lowest BCUT2D eigenvalue weighted by Crippen LogP contribution is -2.40. The third-order valence-corrected chi connectivity index (χ3v) is 1.17. The molecule has 6 nitrogen and oxygen atoms in total. The second kappa shape index (κ2) is 5.03. The predicted molar refractivity (Wildman–Crippen MR) is 37.8 cm³/mol. The van der Waals surface area contributed by atoms with Crippen LogP contribution in [0, 0.1) is 0 Å². The first-order valence-corrected chi connectivity index (χ1v) is 3.02. The van der Waals surface area contributed by atoms with Gasteiger partial charge in [-0.2, -0.15) is 5.10 Å². The van der Waals surface area contributed by atoms with Crippen LogP contribution < -0.4 is 5.84 Å². The maximum Gasteiger partial charge on any atom is 0.119 e. The molecule has 3 atom stereocenters. The summed E-state index contributed by atoms with van der Waals surface area (Å²) in [6.07, 6.45) is -3.35. The molecule has 0 saturated heterocycles. The third-order valence-electron chi connectivity index (χ3n) is 1.17. The lowest BCUT2D eigenvalue weighted by molar-refractivity contribution is -0.0541. The summed E-state index contributed by atoms with van der Waals surface area (Å²) < 4.78 is 0. The maximum absolute atomic E-state index is 8.91. The van der Waals surface area contributed by atoms with Crippen molar-refractivity contribution in [1.82, 2.24) is 0 Å². The molecule has 0 aromatic heterocycles. The standard InChI is InChI=1S/C5H12N2O4/c6-7-1-3(9)5(11)4(10)2-8/h1,3-5,8-11H,2,6H2/b7-1-/t3-,4+,5+/m0/s1. The molecule has 0 spiro atoms. The van der Waals surface area contributed by atoms with Crippen molar-refractivity contribution < 1.29 is 20.4 Å². The van der Waals surface area contributed by atoms with Gasteiger partial charge in [-0.3, -0.25) is 0 Å². The number of aliphatic hydroxyl groups is 4. The van der Waals surface area contributed by atoms with E-state index in [1.807, 2.05) is 0 Å². The predicted octanol–water partition coefficient (Wildman–Crippen LogP) is -2.99. The molecule has 0 saturated carbocycles. The fourth-order valence-corrected chi connectivity index (χ4v) is 0.512. The van der Waals surface area contributed by atoms with Crippen LogP contribution in [-0.2, 0) is 0 Å². The Balaban J connectivity index is 3.90. The summed E-state index contributed by atoms with van der Waals surface area (Å²) in [5, 5.41) is 37.8. The third kappa shape index (κ3) is 3.28. The zero-order valence-electron chi connectivity index (χ0n) is 5.83. The molecule has 0 fully saturated rings. The van der Waals surface area contributed by atoms with Crippen molar-refractivity contribution in [3.05, 3.63) is 0 Å². The summed E-state index contributed by atoms with van der Waals surface area (Å²) >= 11 is 0. The van der Waals surface area contributed by atoms with Crippen LogP contribution in [-0.4, -0.2) is 51.6 Å². The molecule has 0 heterocycles. The molecular formula is C5H12N2O4. The van der Waals surface area contributed by atoms with E-state index in [0.29, 0.717) is 0 Å². The van der Waals surface area contributed by atoms with Gasteiger partial charge in [0, 0.05) is 0 Å². The summed E-state index contributed by atoms with van der Waals surface area (Å²) in [6, 6.07) is 0. The first-order valence-electron chi connectivity index (χ1n) is 3.02. The minimum absolute atomic E-state index is 0.628. The van der Waals surface area contributed by atoms with E-state index in [0.717, 1.165) is 6.21 Å². The van der Waals surface area contributed by atoms with Crippen molar-refractivity contribution in [3.8, 4) is 0 Å². The summed E-state index contributed by atoms with van der Waals surface area (Å²) in [5.74, 6) is 4.66. The number of aliphatic hydroxyl groups excluding tert-OH is 4. The van der Waals surface area contributed by atoms with Crippen molar-refractivity contribution in [2.75, 3.05) is 6.61 Å². The molecule has 11 heavy (non-hydrogen) atoms. The van der Waals surface area contributed by atoms with Crippen LogP contribution >= 0.6 is 0 Å². The Labute approximate surface area is 63.6 Å². The maximum atomic E-state index is 8.91. The molecular weight excluding hydrogens is 152 g/mol. The highest BCUT2D eigenvalue weighted by Crippen LogP contribution is 1.96. The first kappa shape index (κ1) is 10.3. The summed E-state index contributed by atoms with van der Waals surface area (Å²) in [4.78, 5) is 0. The average molecular weight is 164 g/mol. The Bertz CT molecular complexity index is 130. The second-order valence-corrected chi connectivity index (χ2v) is 2.03. The van der Waals surface area contributed by atoms with Crippen LogP contribution in [0.1, 0.15) is 0 Å². The molecule has 0 amide bonds. The molecule has 0 bridgehead atoms. The van der Waals surface area contributed by atoms with E-state index in [1.165, 1.54) is 0 Å². The molecule has 0 aliphatic carbocycles. The first-order chi connectivity index (χ1) is 5.13. The van der Waals surface area contributed by atoms with Gasteiger partial charge < -0.3 is 26.3 Å². The van der Waals surface area contributed by atoms with Crippen LogP contribution in [0.5, 0.6) is 0 Å². The Kier molecular flexibility index (Phi) is 4.71. The monoisotopic (exact) mass is 164 g/mol. The molecule has 6 heteroatoms. The van der Waals surface area contributed by atoms with Gasteiger partial charge in [0.1, 0.15) is 18.3 Å². The Hall–Kier alpha value is -0.690. The number of hydrazone groups is 1. The fourth-order valence-electron chi connectivity index (χ4n) is 0.512. The fraction of sp³-hybridized carbons (Fsp3) is 0.800. The zero-order valence-corrected chi connectivity index (χ0v) is 5.83. The highest BCUT2D eigenvalue weighted by atomic mass is 16.4. The molecule has 0 aliphatic rings. The summed E-state index contributed by atoms with van der Waals surface area (Å²) in [7, 11) is 0. The largest absolute Gasteiger partial charge is 0.394 e. The van der Waals surface area contributed by atoms with Crippen LogP contribution in [0.25, 0.3) is 0 Å². The zero-order chi connectivity index (χ0) is 8.85. The van der Waals surface area contributed by atoms with Gasteiger partial charge in [-0.05, 0) is 0 Å². The van der Waals surface area contributed by atoms with Gasteiger partial charge in [0.15, 0.2) is 0 Å². The Morgan fingerprint density at radius 1 is 1.36 bits per heavy atom. The van der Waals surface area contributed by atoms with E-state index in [4.69, 9.17) is 20.4 Å². The minimum Gasteiger partial charge on any atom is -0.394 e. The van der Waals surface area contributed by atoms with Crippen LogP contribution in [0.4, 0.5) is 0 Å². The smallest absolute Gasteiger partial charge is 0.119 e. The van der Waals surface area contributed by atoms with E-state index < -0.39 is 24.9 Å². The van der Waals surface area contributed by atoms with Crippen molar-refractivity contribution in [1.29, 1.82) is 0 Å². The van der Waals surface area contributed by atoms with E-state index in [9.17, 15) is 0 Å².